The molecule has 1 aliphatic carbocycles. The highest BCUT2D eigenvalue weighted by Crippen LogP contribution is 2.41. The van der Waals surface area contributed by atoms with Gasteiger partial charge in [0.25, 0.3) is 20.2 Å². The molecular weight excluding hydrogens is 636 g/mol. The van der Waals surface area contributed by atoms with Gasteiger partial charge >= 0.3 is 6.08 Å². The fourth-order valence-corrected chi connectivity index (χ4v) is 5.76. The van der Waals surface area contributed by atoms with Crippen molar-refractivity contribution < 1.29 is 44.3 Å². The van der Waals surface area contributed by atoms with Crippen molar-refractivity contribution in [2.75, 3.05) is 16.4 Å². The van der Waals surface area contributed by atoms with Gasteiger partial charge in [0, 0.05) is 22.5 Å². The van der Waals surface area contributed by atoms with Gasteiger partial charge in [-0.25, -0.2) is 0 Å². The number of carbonyl (C=O) groups excluding carboxylic acids is 2. The molecule has 18 heteroatoms. The molecule has 222 valence electrons. The Bertz CT molecular complexity index is 2140. The van der Waals surface area contributed by atoms with E-state index in [-0.39, 0.29) is 28.1 Å². The molecule has 0 bridgehead atoms. The third-order valence-electron chi connectivity index (χ3n) is 6.46. The highest BCUT2D eigenvalue weighted by molar-refractivity contribution is 7.86. The lowest BCUT2D eigenvalue weighted by atomic mass is 9.82. The molecule has 0 radical (unpaired) electrons. The lowest BCUT2D eigenvalue weighted by Crippen LogP contribution is -2.25. The number of nitrogens with two attached hydrogens (primary N) is 1. The lowest BCUT2D eigenvalue weighted by molar-refractivity contribution is 0.0980. The van der Waals surface area contributed by atoms with E-state index in [1.54, 1.807) is 0 Å². The zero-order valence-corrected chi connectivity index (χ0v) is 23.7. The fourth-order valence-electron chi connectivity index (χ4n) is 4.45. The third kappa shape index (κ3) is 5.28. The number of nitrogens with one attached hydrogen (secondary N) is 2. The van der Waals surface area contributed by atoms with Crippen molar-refractivity contribution in [2.45, 2.75) is 16.7 Å². The molecule has 0 amide bonds. The monoisotopic (exact) mass is 651 g/mol. The van der Waals surface area contributed by atoms with Crippen LogP contribution in [-0.2, 0) is 20.2 Å². The number of hydrogen-bond acceptors (Lipinski definition) is 11. The minimum absolute atomic E-state index is 0.0460. The van der Waals surface area contributed by atoms with Crippen LogP contribution in [0.15, 0.2) is 52.3 Å². The molecule has 0 spiro atoms. The van der Waals surface area contributed by atoms with Crippen molar-refractivity contribution >= 4 is 72.0 Å². The van der Waals surface area contributed by atoms with Gasteiger partial charge in [-0.1, -0.05) is 35.9 Å². The van der Waals surface area contributed by atoms with Gasteiger partial charge in [0.15, 0.2) is 17.4 Å². The number of anilines is 5. The summed E-state index contributed by atoms with van der Waals surface area (Å²) in [6, 6.07) is 8.16. The highest BCUT2D eigenvalue weighted by Gasteiger charge is 2.36. The van der Waals surface area contributed by atoms with Crippen LogP contribution >= 0.6 is 11.6 Å². The Kier molecular flexibility index (Phi) is 7.18. The van der Waals surface area contributed by atoms with E-state index in [0.29, 0.717) is 0 Å². The number of rotatable bonds is 6. The first-order chi connectivity index (χ1) is 20.0. The zero-order valence-electron chi connectivity index (χ0n) is 21.3. The number of benzene rings is 3. The molecule has 5 rings (SSSR count). The van der Waals surface area contributed by atoms with Crippen molar-refractivity contribution in [3.63, 3.8) is 0 Å². The Labute approximate surface area is 246 Å². The summed E-state index contributed by atoms with van der Waals surface area (Å²) in [5.41, 5.74) is 3.40. The molecule has 0 aliphatic heterocycles. The summed E-state index contributed by atoms with van der Waals surface area (Å²) in [5.74, 6) is -3.65. The van der Waals surface area contributed by atoms with Crippen LogP contribution in [0.5, 0.6) is 0 Å². The molecule has 1 aliphatic rings. The number of nitrogen functional groups attached to an aromatic ring is 1. The van der Waals surface area contributed by atoms with Crippen molar-refractivity contribution in [3.8, 4) is 0 Å². The van der Waals surface area contributed by atoms with Crippen molar-refractivity contribution in [2.24, 2.45) is 0 Å². The third-order valence-corrected chi connectivity index (χ3v) is 8.52. The van der Waals surface area contributed by atoms with Gasteiger partial charge in [-0.2, -0.15) is 35.6 Å². The van der Waals surface area contributed by atoms with E-state index in [0.717, 1.165) is 18.2 Å². The second-order valence-corrected chi connectivity index (χ2v) is 12.3. The smallest absolute Gasteiger partial charge is 0.313 e. The number of nitrogens with zero attached hydrogens (tertiary/aromatic N) is 2. The van der Waals surface area contributed by atoms with Gasteiger partial charge in [0.1, 0.15) is 9.92 Å². The van der Waals surface area contributed by atoms with Gasteiger partial charge in [0.05, 0.1) is 27.4 Å². The van der Waals surface area contributed by atoms with Crippen LogP contribution in [0.3, 0.4) is 0 Å². The van der Waals surface area contributed by atoms with Crippen molar-refractivity contribution in [3.05, 3.63) is 87.3 Å². The number of aromatic nitrogens is 2. The van der Waals surface area contributed by atoms with Gasteiger partial charge in [-0.3, -0.25) is 18.7 Å². The molecule has 4 aromatic rings. The molecule has 3 aromatic carbocycles. The summed E-state index contributed by atoms with van der Waals surface area (Å²) < 4.78 is 96.0. The minimum Gasteiger partial charge on any atom is -0.397 e. The molecule has 0 fully saturated rings. The van der Waals surface area contributed by atoms with Crippen LogP contribution < -0.4 is 16.4 Å². The molecule has 1 aromatic heterocycles. The average Bonchev–Trinajstić information content (AvgIpc) is 2.91. The largest absolute Gasteiger partial charge is 0.397 e. The predicted molar refractivity (Wildman–Crippen MR) is 148 cm³/mol. The molecule has 0 saturated heterocycles. The molecule has 1 heterocycles. The van der Waals surface area contributed by atoms with Gasteiger partial charge < -0.3 is 16.4 Å². The summed E-state index contributed by atoms with van der Waals surface area (Å²) >= 11 is 5.82. The van der Waals surface area contributed by atoms with Crippen LogP contribution in [0.2, 0.25) is 5.02 Å². The normalized spacial score (nSPS) is 13.0. The van der Waals surface area contributed by atoms with E-state index in [1.807, 2.05) is 0 Å². The van der Waals surface area contributed by atoms with E-state index in [4.69, 9.17) is 17.3 Å². The molecule has 6 N–H and O–H groups in total. The SMILES string of the molecule is Cc1c(Nc2cc(S(=O)(=O)O)c(N)c3c2C(=O)c2ccccc2C3=O)cc(S(=O)(=O)O)cc1Nc1nc(F)nc(F)c1Cl. The quantitative estimate of drug-likeness (QED) is 0.0758. The average molecular weight is 652 g/mol. The Balaban J connectivity index is 1.76. The summed E-state index contributed by atoms with van der Waals surface area (Å²) in [5, 5.41) is 4.34. The summed E-state index contributed by atoms with van der Waals surface area (Å²) in [6.07, 6.45) is -1.51. The second kappa shape index (κ2) is 10.3. The topological polar surface area (TPSA) is 219 Å². The van der Waals surface area contributed by atoms with Crippen LogP contribution in [0.1, 0.15) is 37.4 Å². The number of carbonyl (C=O) groups is 2. The molecule has 13 nitrogen and oxygen atoms in total. The Hall–Kier alpha value is -4.55. The van der Waals surface area contributed by atoms with E-state index >= 15 is 0 Å². The lowest BCUT2D eigenvalue weighted by Gasteiger charge is -2.24. The van der Waals surface area contributed by atoms with Crippen LogP contribution in [0, 0.1) is 18.9 Å². The fraction of sp³-hybridized carbons (Fsp3) is 0.0400. The number of fused-ring (bicyclic) bond motifs is 2. The van der Waals surface area contributed by atoms with E-state index in [1.165, 1.54) is 31.2 Å². The van der Waals surface area contributed by atoms with Crippen molar-refractivity contribution in [1.29, 1.82) is 0 Å². The Morgan fingerprint density at radius 1 is 0.837 bits per heavy atom. The molecule has 43 heavy (non-hydrogen) atoms. The minimum atomic E-state index is -5.08. The summed E-state index contributed by atoms with van der Waals surface area (Å²) in [6.45, 7) is 1.36. The van der Waals surface area contributed by atoms with Crippen molar-refractivity contribution in [1.82, 2.24) is 9.97 Å². The number of hydrogen-bond donors (Lipinski definition) is 5. The zero-order chi connectivity index (χ0) is 31.6. The number of ketones is 2. The van der Waals surface area contributed by atoms with E-state index < -0.39 is 87.0 Å². The standard InChI is InChI=1S/C25H16ClF2N5O8S2/c1-9-13(6-10(42(36,37)38)7-14(9)31-24-19(26)23(27)32-25(28)33-24)30-15-8-16(43(39,40)41)20(29)18-17(15)21(34)11-4-2-3-5-12(11)22(18)35/h2-8,30H,29H2,1H3,(H,31,32,33)(H,36,37,38)(H,39,40,41). The van der Waals surface area contributed by atoms with Crippen LogP contribution in [-0.4, -0.2) is 47.5 Å². The highest BCUT2D eigenvalue weighted by atomic mass is 35.5. The van der Waals surface area contributed by atoms with Crippen LogP contribution in [0.4, 0.5) is 37.3 Å². The maximum absolute atomic E-state index is 13.9. The first kappa shape index (κ1) is 29.9. The molecule has 0 atom stereocenters. The summed E-state index contributed by atoms with van der Waals surface area (Å²) in [7, 11) is -10.0. The first-order valence-electron chi connectivity index (χ1n) is 11.7. The maximum Gasteiger partial charge on any atom is 0.313 e. The summed E-state index contributed by atoms with van der Waals surface area (Å²) in [4.78, 5) is 31.5. The van der Waals surface area contributed by atoms with E-state index in [9.17, 15) is 44.3 Å². The first-order valence-corrected chi connectivity index (χ1v) is 14.9. The Morgan fingerprint density at radius 3 is 1.95 bits per heavy atom. The molecule has 0 unspecified atom stereocenters. The predicted octanol–water partition coefficient (Wildman–Crippen LogP) is 4.05. The van der Waals surface area contributed by atoms with E-state index in [2.05, 4.69) is 20.6 Å². The van der Waals surface area contributed by atoms with Gasteiger partial charge in [-0.15, -0.1) is 0 Å². The van der Waals surface area contributed by atoms with Crippen LogP contribution in [0.25, 0.3) is 0 Å². The molecular formula is C25H16ClF2N5O8S2. The van der Waals surface area contributed by atoms with Gasteiger partial charge in [0.2, 0.25) is 5.95 Å². The second-order valence-electron chi connectivity index (χ2n) is 9.08. The maximum atomic E-state index is 13.9. The number of halogens is 3. The van der Waals surface area contributed by atoms with Gasteiger partial charge in [-0.05, 0) is 30.7 Å². The Morgan fingerprint density at radius 2 is 1.40 bits per heavy atom. The molecule has 0 saturated carbocycles.